The Morgan fingerprint density at radius 2 is 2.00 bits per heavy atom. The zero-order valence-corrected chi connectivity index (χ0v) is 11.6. The monoisotopic (exact) mass is 258 g/mol. The first kappa shape index (κ1) is 14.3. The van der Waals surface area contributed by atoms with Gasteiger partial charge in [0.2, 0.25) is 0 Å². The first-order valence-corrected chi connectivity index (χ1v) is 6.30. The lowest BCUT2D eigenvalue weighted by Gasteiger charge is -2.29. The van der Waals surface area contributed by atoms with Crippen molar-refractivity contribution in [3.8, 4) is 5.75 Å². The van der Waals surface area contributed by atoms with Gasteiger partial charge in [-0.2, -0.15) is 0 Å². The molecule has 0 bridgehead atoms. The van der Waals surface area contributed by atoms with Crippen molar-refractivity contribution in [2.24, 2.45) is 11.3 Å². The molecule has 0 N–H and O–H groups in total. The topological polar surface area (TPSA) is 9.23 Å². The van der Waals surface area contributed by atoms with Gasteiger partial charge in [-0.1, -0.05) is 26.8 Å². The van der Waals surface area contributed by atoms with Crippen molar-refractivity contribution in [1.82, 2.24) is 0 Å². The Labute approximate surface area is 108 Å². The maximum atomic E-state index is 13.5. The van der Waals surface area contributed by atoms with Crippen molar-refractivity contribution in [1.29, 1.82) is 0 Å². The van der Waals surface area contributed by atoms with Gasteiger partial charge in [0, 0.05) is 5.88 Å². The number of halogens is 2. The lowest BCUT2D eigenvalue weighted by molar-refractivity contribution is 0.263. The summed E-state index contributed by atoms with van der Waals surface area (Å²) in [5, 5.41) is 0. The molecule has 0 spiro atoms. The lowest BCUT2D eigenvalue weighted by atomic mass is 9.78. The third-order valence-corrected chi connectivity index (χ3v) is 3.48. The lowest BCUT2D eigenvalue weighted by Crippen LogP contribution is -2.24. The minimum Gasteiger partial charge on any atom is -0.494 e. The molecule has 0 aliphatic carbocycles. The fraction of sp³-hybridized carbons (Fsp3) is 0.571. The number of benzene rings is 1. The average molecular weight is 259 g/mol. The zero-order chi connectivity index (χ0) is 13.1. The molecule has 0 aromatic heterocycles. The molecule has 17 heavy (non-hydrogen) atoms. The number of hydrogen-bond acceptors (Lipinski definition) is 1. The Morgan fingerprint density at radius 3 is 2.41 bits per heavy atom. The Hall–Kier alpha value is -0.760. The minimum atomic E-state index is -0.313. The summed E-state index contributed by atoms with van der Waals surface area (Å²) in [6.45, 7) is 6.46. The average Bonchev–Trinajstić information content (AvgIpc) is 2.24. The predicted molar refractivity (Wildman–Crippen MR) is 70.3 cm³/mol. The summed E-state index contributed by atoms with van der Waals surface area (Å²) in [4.78, 5) is 0. The van der Waals surface area contributed by atoms with Crippen LogP contribution >= 0.6 is 11.6 Å². The molecular weight excluding hydrogens is 239 g/mol. The van der Waals surface area contributed by atoms with Crippen molar-refractivity contribution in [3.63, 3.8) is 0 Å². The zero-order valence-electron chi connectivity index (χ0n) is 10.9. The van der Waals surface area contributed by atoms with Crippen LogP contribution in [0.3, 0.4) is 0 Å². The highest BCUT2D eigenvalue weighted by Crippen LogP contribution is 2.31. The summed E-state index contributed by atoms with van der Waals surface area (Å²) in [7, 11) is 1.47. The summed E-state index contributed by atoms with van der Waals surface area (Å²) in [5.74, 6) is 0.882. The SMILES string of the molecule is COc1ccc(CC(CCl)C(C)(C)C)cc1F. The van der Waals surface area contributed by atoms with Crippen molar-refractivity contribution >= 4 is 11.6 Å². The molecule has 1 atom stereocenters. The molecule has 1 aromatic carbocycles. The second kappa shape index (κ2) is 5.72. The highest BCUT2D eigenvalue weighted by atomic mass is 35.5. The molecule has 1 nitrogen and oxygen atoms in total. The van der Waals surface area contributed by atoms with Crippen LogP contribution in [0.25, 0.3) is 0 Å². The fourth-order valence-electron chi connectivity index (χ4n) is 1.71. The normalized spacial score (nSPS) is 13.5. The van der Waals surface area contributed by atoms with Gasteiger partial charge in [-0.15, -0.1) is 11.6 Å². The van der Waals surface area contributed by atoms with E-state index in [0.717, 1.165) is 12.0 Å². The van der Waals surface area contributed by atoms with Crippen molar-refractivity contribution in [3.05, 3.63) is 29.6 Å². The van der Waals surface area contributed by atoms with E-state index in [1.165, 1.54) is 13.2 Å². The summed E-state index contributed by atoms with van der Waals surface area (Å²) in [6.07, 6.45) is 0.786. The molecular formula is C14H20ClFO. The fourth-order valence-corrected chi connectivity index (χ4v) is 2.29. The second-order valence-corrected chi connectivity index (χ2v) is 5.70. The van der Waals surface area contributed by atoms with Crippen LogP contribution in [-0.4, -0.2) is 13.0 Å². The van der Waals surface area contributed by atoms with Crippen molar-refractivity contribution in [2.75, 3.05) is 13.0 Å². The molecule has 0 saturated carbocycles. The number of ether oxygens (including phenoxy) is 1. The van der Waals surface area contributed by atoms with E-state index in [2.05, 4.69) is 20.8 Å². The van der Waals surface area contributed by atoms with Gasteiger partial charge in [0.1, 0.15) is 0 Å². The van der Waals surface area contributed by atoms with E-state index < -0.39 is 0 Å². The van der Waals surface area contributed by atoms with Crippen LogP contribution in [-0.2, 0) is 6.42 Å². The van der Waals surface area contributed by atoms with Crippen LogP contribution in [0.4, 0.5) is 4.39 Å². The molecule has 1 unspecified atom stereocenters. The Balaban J connectivity index is 2.84. The maximum absolute atomic E-state index is 13.5. The number of methoxy groups -OCH3 is 1. The molecule has 0 aliphatic rings. The molecule has 0 fully saturated rings. The Morgan fingerprint density at radius 1 is 1.35 bits per heavy atom. The molecule has 0 amide bonds. The smallest absolute Gasteiger partial charge is 0.165 e. The first-order chi connectivity index (χ1) is 7.88. The van der Waals surface area contributed by atoms with Crippen LogP contribution in [0.15, 0.2) is 18.2 Å². The molecule has 0 heterocycles. The van der Waals surface area contributed by atoms with E-state index in [1.807, 2.05) is 6.07 Å². The second-order valence-electron chi connectivity index (χ2n) is 5.39. The van der Waals surface area contributed by atoms with Gasteiger partial charge in [0.05, 0.1) is 7.11 Å². The molecule has 0 saturated heterocycles. The van der Waals surface area contributed by atoms with Gasteiger partial charge < -0.3 is 4.74 Å². The number of alkyl halides is 1. The van der Waals surface area contributed by atoms with Crippen LogP contribution in [0, 0.1) is 17.2 Å². The number of hydrogen-bond donors (Lipinski definition) is 0. The van der Waals surface area contributed by atoms with Crippen molar-refractivity contribution < 1.29 is 9.13 Å². The summed E-state index contributed by atoms with van der Waals surface area (Å²) >= 11 is 5.98. The van der Waals surface area contributed by atoms with Crippen molar-refractivity contribution in [2.45, 2.75) is 27.2 Å². The van der Waals surface area contributed by atoms with E-state index in [-0.39, 0.29) is 17.0 Å². The summed E-state index contributed by atoms with van der Waals surface area (Å²) in [5.41, 5.74) is 1.09. The van der Waals surface area contributed by atoms with Gasteiger partial charge in [0.25, 0.3) is 0 Å². The van der Waals surface area contributed by atoms with E-state index in [4.69, 9.17) is 16.3 Å². The highest BCUT2D eigenvalue weighted by molar-refractivity contribution is 6.18. The van der Waals surface area contributed by atoms with E-state index in [1.54, 1.807) is 6.07 Å². The van der Waals surface area contributed by atoms with Crippen LogP contribution in [0.2, 0.25) is 0 Å². The Bertz CT molecular complexity index is 371. The van der Waals surface area contributed by atoms with Crippen LogP contribution in [0.5, 0.6) is 5.75 Å². The van der Waals surface area contributed by atoms with E-state index >= 15 is 0 Å². The molecule has 0 aliphatic heterocycles. The van der Waals surface area contributed by atoms with Gasteiger partial charge in [0.15, 0.2) is 11.6 Å². The molecule has 3 heteroatoms. The number of rotatable bonds is 4. The first-order valence-electron chi connectivity index (χ1n) is 5.77. The third kappa shape index (κ3) is 3.88. The van der Waals surface area contributed by atoms with Gasteiger partial charge in [-0.25, -0.2) is 4.39 Å². The molecule has 1 rings (SSSR count). The molecule has 0 radical (unpaired) electrons. The van der Waals surface area contributed by atoms with Gasteiger partial charge in [-0.3, -0.25) is 0 Å². The van der Waals surface area contributed by atoms with E-state index in [0.29, 0.717) is 11.8 Å². The van der Waals surface area contributed by atoms with Gasteiger partial charge >= 0.3 is 0 Å². The highest BCUT2D eigenvalue weighted by Gasteiger charge is 2.24. The van der Waals surface area contributed by atoms with E-state index in [9.17, 15) is 4.39 Å². The summed E-state index contributed by atoms with van der Waals surface area (Å²) in [6, 6.07) is 5.09. The molecule has 1 aromatic rings. The molecule has 96 valence electrons. The maximum Gasteiger partial charge on any atom is 0.165 e. The van der Waals surface area contributed by atoms with Crippen LogP contribution < -0.4 is 4.74 Å². The summed E-state index contributed by atoms with van der Waals surface area (Å²) < 4.78 is 18.4. The largest absolute Gasteiger partial charge is 0.494 e. The predicted octanol–water partition coefficient (Wildman–Crippen LogP) is 4.28. The van der Waals surface area contributed by atoms with Crippen LogP contribution in [0.1, 0.15) is 26.3 Å². The quantitative estimate of drug-likeness (QED) is 0.733. The Kier molecular flexibility index (Phi) is 4.81. The minimum absolute atomic E-state index is 0.123. The third-order valence-electron chi connectivity index (χ3n) is 3.11. The van der Waals surface area contributed by atoms with Gasteiger partial charge in [-0.05, 0) is 35.4 Å². The standard InChI is InChI=1S/C14H20ClFO/c1-14(2,3)11(9-15)7-10-5-6-13(17-4)12(16)8-10/h5-6,8,11H,7,9H2,1-4H3.